The van der Waals surface area contributed by atoms with Crippen LogP contribution in [-0.2, 0) is 9.59 Å². The van der Waals surface area contributed by atoms with E-state index in [0.717, 1.165) is 10.0 Å². The quantitative estimate of drug-likeness (QED) is 0.897. The summed E-state index contributed by atoms with van der Waals surface area (Å²) in [5.41, 5.74) is -0.419. The second-order valence-corrected chi connectivity index (χ2v) is 5.61. The van der Waals surface area contributed by atoms with E-state index in [1.807, 2.05) is 24.3 Å². The lowest BCUT2D eigenvalue weighted by Crippen LogP contribution is -2.50. The van der Waals surface area contributed by atoms with Gasteiger partial charge in [-0.1, -0.05) is 28.1 Å². The van der Waals surface area contributed by atoms with Crippen molar-refractivity contribution < 1.29 is 14.7 Å². The van der Waals surface area contributed by atoms with E-state index < -0.39 is 17.4 Å². The Bertz CT molecular complexity index is 454. The van der Waals surface area contributed by atoms with E-state index in [2.05, 4.69) is 21.2 Å². The van der Waals surface area contributed by atoms with Gasteiger partial charge < -0.3 is 10.4 Å². The van der Waals surface area contributed by atoms with E-state index in [1.54, 1.807) is 6.92 Å². The third kappa shape index (κ3) is 3.57. The van der Waals surface area contributed by atoms with Crippen molar-refractivity contribution in [2.24, 2.45) is 0 Å². The molecular weight excluding hydrogens is 298 g/mol. The Balaban J connectivity index is 2.79. The van der Waals surface area contributed by atoms with Crippen LogP contribution in [0.3, 0.4) is 0 Å². The molecule has 0 aliphatic rings. The van der Waals surface area contributed by atoms with Crippen LogP contribution in [0.25, 0.3) is 0 Å². The average Bonchev–Trinajstić information content (AvgIpc) is 2.28. The Morgan fingerprint density at radius 3 is 2.22 bits per heavy atom. The first kappa shape index (κ1) is 14.7. The molecule has 0 fully saturated rings. The van der Waals surface area contributed by atoms with Crippen LogP contribution >= 0.6 is 15.9 Å². The minimum absolute atomic E-state index is 0.301. The largest absolute Gasteiger partial charge is 0.480 e. The number of nitrogens with one attached hydrogen (secondary N) is 1. The minimum Gasteiger partial charge on any atom is -0.480 e. The Morgan fingerprint density at radius 1 is 1.28 bits per heavy atom. The summed E-state index contributed by atoms with van der Waals surface area (Å²) in [6, 6.07) is 7.37. The number of halogens is 1. The fraction of sp³-hybridized carbons (Fsp3) is 0.385. The van der Waals surface area contributed by atoms with Gasteiger partial charge in [0, 0.05) is 4.47 Å². The molecule has 18 heavy (non-hydrogen) atoms. The number of benzene rings is 1. The topological polar surface area (TPSA) is 66.4 Å². The van der Waals surface area contributed by atoms with Gasteiger partial charge in [0.2, 0.25) is 5.91 Å². The Hall–Kier alpha value is -1.36. The normalized spacial score (nSPS) is 12.9. The molecular formula is C13H16BrNO3. The number of carbonyl (C=O) groups excluding carboxylic acids is 1. The molecule has 0 aromatic heterocycles. The van der Waals surface area contributed by atoms with E-state index in [-0.39, 0.29) is 5.91 Å². The number of hydrogen-bond donors (Lipinski definition) is 2. The third-order valence-electron chi connectivity index (χ3n) is 2.73. The van der Waals surface area contributed by atoms with Crippen LogP contribution in [0.15, 0.2) is 28.7 Å². The summed E-state index contributed by atoms with van der Waals surface area (Å²) in [4.78, 5) is 22.9. The van der Waals surface area contributed by atoms with Gasteiger partial charge in [0.25, 0.3) is 0 Å². The molecule has 0 spiro atoms. The number of carboxylic acid groups (broad SMARTS) is 1. The highest BCUT2D eigenvalue weighted by atomic mass is 79.9. The van der Waals surface area contributed by atoms with Crippen LogP contribution < -0.4 is 5.32 Å². The summed E-state index contributed by atoms with van der Waals surface area (Å²) in [7, 11) is 0. The van der Waals surface area contributed by atoms with Crippen LogP contribution in [0.2, 0.25) is 0 Å². The van der Waals surface area contributed by atoms with Gasteiger partial charge in [-0.3, -0.25) is 4.79 Å². The zero-order chi connectivity index (χ0) is 13.9. The number of hydrogen-bond acceptors (Lipinski definition) is 2. The van der Waals surface area contributed by atoms with Crippen molar-refractivity contribution in [3.63, 3.8) is 0 Å². The molecule has 1 aromatic carbocycles. The lowest BCUT2D eigenvalue weighted by molar-refractivity contribution is -0.146. The summed E-state index contributed by atoms with van der Waals surface area (Å²) >= 11 is 3.32. The number of amides is 1. The van der Waals surface area contributed by atoms with Gasteiger partial charge in [0.05, 0.1) is 5.92 Å². The number of carbonyl (C=O) groups is 2. The highest BCUT2D eigenvalue weighted by Crippen LogP contribution is 2.19. The smallest absolute Gasteiger partial charge is 0.328 e. The molecule has 0 saturated heterocycles. The van der Waals surface area contributed by atoms with E-state index in [9.17, 15) is 9.59 Å². The van der Waals surface area contributed by atoms with Gasteiger partial charge in [-0.05, 0) is 38.5 Å². The van der Waals surface area contributed by atoms with Crippen molar-refractivity contribution in [2.75, 3.05) is 0 Å². The van der Waals surface area contributed by atoms with E-state index >= 15 is 0 Å². The summed E-state index contributed by atoms with van der Waals surface area (Å²) < 4.78 is 0.935. The second-order valence-electron chi connectivity index (χ2n) is 4.69. The lowest BCUT2D eigenvalue weighted by atomic mass is 9.98. The highest BCUT2D eigenvalue weighted by molar-refractivity contribution is 9.10. The molecule has 0 heterocycles. The maximum atomic E-state index is 12.0. The molecule has 1 aromatic rings. The first-order chi connectivity index (χ1) is 8.24. The van der Waals surface area contributed by atoms with E-state index in [0.29, 0.717) is 0 Å². The summed E-state index contributed by atoms with van der Waals surface area (Å²) in [6.07, 6.45) is 0. The van der Waals surface area contributed by atoms with Crippen molar-refractivity contribution in [3.05, 3.63) is 34.3 Å². The first-order valence-corrected chi connectivity index (χ1v) is 6.34. The van der Waals surface area contributed by atoms with Crippen LogP contribution in [0.4, 0.5) is 0 Å². The molecule has 2 N–H and O–H groups in total. The third-order valence-corrected chi connectivity index (χ3v) is 3.26. The fourth-order valence-electron chi connectivity index (χ4n) is 1.37. The zero-order valence-corrected chi connectivity index (χ0v) is 12.1. The molecule has 0 aliphatic carbocycles. The minimum atomic E-state index is -1.26. The molecule has 1 atom stereocenters. The van der Waals surface area contributed by atoms with Crippen molar-refractivity contribution in [1.29, 1.82) is 0 Å². The van der Waals surface area contributed by atoms with Gasteiger partial charge in [-0.15, -0.1) is 0 Å². The molecule has 1 rings (SSSR count). The maximum Gasteiger partial charge on any atom is 0.328 e. The Kier molecular flexibility index (Phi) is 4.51. The molecule has 1 amide bonds. The average molecular weight is 314 g/mol. The predicted octanol–water partition coefficient (Wildman–Crippen LogP) is 2.53. The van der Waals surface area contributed by atoms with Crippen LogP contribution in [0, 0.1) is 0 Å². The van der Waals surface area contributed by atoms with Gasteiger partial charge in [-0.25, -0.2) is 4.79 Å². The first-order valence-electron chi connectivity index (χ1n) is 5.55. The molecule has 98 valence electrons. The number of rotatable bonds is 4. The number of carboxylic acids is 1. The van der Waals surface area contributed by atoms with Crippen molar-refractivity contribution in [3.8, 4) is 0 Å². The summed E-state index contributed by atoms with van der Waals surface area (Å²) in [5, 5.41) is 11.5. The van der Waals surface area contributed by atoms with Crippen molar-refractivity contribution >= 4 is 27.8 Å². The van der Waals surface area contributed by atoms with Gasteiger partial charge in [0.1, 0.15) is 5.54 Å². The molecule has 4 nitrogen and oxygen atoms in total. The second kappa shape index (κ2) is 5.52. The molecule has 0 bridgehead atoms. The van der Waals surface area contributed by atoms with Crippen LogP contribution in [0.1, 0.15) is 32.3 Å². The number of aliphatic carboxylic acids is 1. The van der Waals surface area contributed by atoms with Gasteiger partial charge in [-0.2, -0.15) is 0 Å². The fourth-order valence-corrected chi connectivity index (χ4v) is 1.64. The zero-order valence-electron chi connectivity index (χ0n) is 10.5. The molecule has 0 saturated carbocycles. The Labute approximate surface area is 115 Å². The highest BCUT2D eigenvalue weighted by Gasteiger charge is 2.30. The summed E-state index contributed by atoms with van der Waals surface area (Å²) in [6.45, 7) is 4.67. The lowest BCUT2D eigenvalue weighted by Gasteiger charge is -2.23. The SMILES string of the molecule is CC(C(=O)NC(C)(C)C(=O)O)c1ccc(Br)cc1. The van der Waals surface area contributed by atoms with Crippen LogP contribution in [0.5, 0.6) is 0 Å². The predicted molar refractivity (Wildman–Crippen MR) is 72.4 cm³/mol. The monoisotopic (exact) mass is 313 g/mol. The molecule has 1 unspecified atom stereocenters. The Morgan fingerprint density at radius 2 is 1.78 bits per heavy atom. The molecule has 5 heteroatoms. The van der Waals surface area contributed by atoms with Crippen molar-refractivity contribution in [1.82, 2.24) is 5.32 Å². The van der Waals surface area contributed by atoms with Gasteiger partial charge in [0.15, 0.2) is 0 Å². The summed E-state index contributed by atoms with van der Waals surface area (Å²) in [5.74, 6) is -1.75. The van der Waals surface area contributed by atoms with E-state index in [1.165, 1.54) is 13.8 Å². The van der Waals surface area contributed by atoms with Crippen molar-refractivity contribution in [2.45, 2.75) is 32.2 Å². The molecule has 0 aliphatic heterocycles. The molecule has 0 radical (unpaired) electrons. The standard InChI is InChI=1S/C13H16BrNO3/c1-8(9-4-6-10(14)7-5-9)11(16)15-13(2,3)12(17)18/h4-8H,1-3H3,(H,15,16)(H,17,18). The van der Waals surface area contributed by atoms with E-state index in [4.69, 9.17) is 5.11 Å². The van der Waals surface area contributed by atoms with Gasteiger partial charge >= 0.3 is 5.97 Å². The maximum absolute atomic E-state index is 12.0. The van der Waals surface area contributed by atoms with Crippen LogP contribution in [-0.4, -0.2) is 22.5 Å².